The molecule has 0 spiro atoms. The highest BCUT2D eigenvalue weighted by Gasteiger charge is 2.21. The molecule has 1 atom stereocenters. The molecule has 0 fully saturated rings. The first kappa shape index (κ1) is 18.4. The molecule has 128 valence electrons. The van der Waals surface area contributed by atoms with Crippen molar-refractivity contribution >= 4 is 23.0 Å². The highest BCUT2D eigenvalue weighted by atomic mass is 32.1. The molecule has 0 aliphatic heterocycles. The minimum Gasteiger partial charge on any atom is -0.338 e. The molecule has 0 amide bonds. The van der Waals surface area contributed by atoms with E-state index in [2.05, 4.69) is 61.3 Å². The predicted octanol–water partition coefficient (Wildman–Crippen LogP) is 2.29. The molecular weight excluding hydrogens is 316 g/mol. The van der Waals surface area contributed by atoms with E-state index in [4.69, 9.17) is 12.2 Å². The average molecular weight is 344 g/mol. The van der Waals surface area contributed by atoms with Crippen LogP contribution in [0, 0.1) is 6.92 Å². The fraction of sp³-hybridized carbons (Fsp3) is 0.368. The molecule has 2 rings (SSSR count). The second-order valence-electron chi connectivity index (χ2n) is 6.33. The quantitative estimate of drug-likeness (QED) is 0.789. The maximum absolute atomic E-state index is 5.72. The standard InChI is InChI=1S/C19H26N4S/c1-15-9-5-6-10-17(15)21-19(24)23(14-13-22(3)4)16(2)18-11-7-8-12-20-18/h5-12,16H,13-14H2,1-4H3,(H,21,24)/p+1. The number of para-hydroxylation sites is 1. The Kier molecular flexibility index (Phi) is 6.70. The second kappa shape index (κ2) is 8.76. The van der Waals surface area contributed by atoms with Crippen LogP contribution < -0.4 is 10.2 Å². The first-order chi connectivity index (χ1) is 11.5. The highest BCUT2D eigenvalue weighted by Crippen LogP contribution is 2.20. The Morgan fingerprint density at radius 2 is 1.92 bits per heavy atom. The molecule has 2 N–H and O–H groups in total. The molecule has 0 radical (unpaired) electrons. The first-order valence-electron chi connectivity index (χ1n) is 8.32. The molecule has 5 heteroatoms. The fourth-order valence-corrected chi connectivity index (χ4v) is 2.86. The fourth-order valence-electron chi connectivity index (χ4n) is 2.50. The number of quaternary nitrogens is 1. The van der Waals surface area contributed by atoms with E-state index < -0.39 is 0 Å². The molecule has 0 aliphatic carbocycles. The summed E-state index contributed by atoms with van der Waals surface area (Å²) in [6, 6.07) is 14.3. The van der Waals surface area contributed by atoms with Gasteiger partial charge in [-0.25, -0.2) is 0 Å². The van der Waals surface area contributed by atoms with E-state index in [1.165, 1.54) is 10.5 Å². The van der Waals surface area contributed by atoms with Gasteiger partial charge >= 0.3 is 0 Å². The lowest BCUT2D eigenvalue weighted by Crippen LogP contribution is -3.06. The maximum Gasteiger partial charge on any atom is 0.174 e. The summed E-state index contributed by atoms with van der Waals surface area (Å²) in [6.45, 7) is 6.12. The third-order valence-electron chi connectivity index (χ3n) is 4.08. The highest BCUT2D eigenvalue weighted by molar-refractivity contribution is 7.80. The summed E-state index contributed by atoms with van der Waals surface area (Å²) in [5.41, 5.74) is 3.27. The number of nitrogens with one attached hydrogen (secondary N) is 2. The van der Waals surface area contributed by atoms with Crippen LogP contribution in [-0.2, 0) is 0 Å². The molecule has 1 aromatic heterocycles. The van der Waals surface area contributed by atoms with Crippen LogP contribution >= 0.6 is 12.2 Å². The normalized spacial score (nSPS) is 12.0. The van der Waals surface area contributed by atoms with Gasteiger partial charge in [-0.3, -0.25) is 4.98 Å². The minimum absolute atomic E-state index is 0.120. The van der Waals surface area contributed by atoms with Crippen LogP contribution in [0.4, 0.5) is 5.69 Å². The molecule has 1 aromatic carbocycles. The van der Waals surface area contributed by atoms with Gasteiger partial charge in [-0.05, 0) is 49.8 Å². The summed E-state index contributed by atoms with van der Waals surface area (Å²) in [6.07, 6.45) is 1.83. The summed E-state index contributed by atoms with van der Waals surface area (Å²) in [5, 5.41) is 4.14. The van der Waals surface area contributed by atoms with Crippen molar-refractivity contribution in [2.45, 2.75) is 19.9 Å². The van der Waals surface area contributed by atoms with Gasteiger partial charge in [0, 0.05) is 11.9 Å². The zero-order valence-corrected chi connectivity index (χ0v) is 15.7. The van der Waals surface area contributed by atoms with E-state index in [-0.39, 0.29) is 6.04 Å². The smallest absolute Gasteiger partial charge is 0.174 e. The van der Waals surface area contributed by atoms with Gasteiger partial charge in [-0.2, -0.15) is 0 Å². The molecule has 0 saturated heterocycles. The first-order valence-corrected chi connectivity index (χ1v) is 8.73. The third-order valence-corrected chi connectivity index (χ3v) is 4.42. The van der Waals surface area contributed by atoms with Crippen molar-refractivity contribution in [3.63, 3.8) is 0 Å². The number of benzene rings is 1. The van der Waals surface area contributed by atoms with Gasteiger partial charge in [-0.1, -0.05) is 24.3 Å². The molecule has 0 bridgehead atoms. The van der Waals surface area contributed by atoms with Gasteiger partial charge < -0.3 is 15.1 Å². The van der Waals surface area contributed by atoms with Crippen LogP contribution in [0.15, 0.2) is 48.7 Å². The minimum atomic E-state index is 0.120. The van der Waals surface area contributed by atoms with Crippen molar-refractivity contribution in [3.8, 4) is 0 Å². The molecule has 0 saturated carbocycles. The van der Waals surface area contributed by atoms with Gasteiger partial charge in [0.2, 0.25) is 0 Å². The summed E-state index contributed by atoms with van der Waals surface area (Å²) in [5.74, 6) is 0. The topological polar surface area (TPSA) is 32.6 Å². The second-order valence-corrected chi connectivity index (χ2v) is 6.71. The Bertz CT molecular complexity index is 657. The number of nitrogens with zero attached hydrogens (tertiary/aromatic N) is 2. The molecular formula is C19H27N4S+. The van der Waals surface area contributed by atoms with Gasteiger partial charge in [0.15, 0.2) is 5.11 Å². The Labute approximate surface area is 150 Å². The number of hydrogen-bond acceptors (Lipinski definition) is 2. The number of aromatic nitrogens is 1. The van der Waals surface area contributed by atoms with Crippen molar-refractivity contribution in [2.24, 2.45) is 0 Å². The molecule has 0 aliphatic rings. The maximum atomic E-state index is 5.72. The largest absolute Gasteiger partial charge is 0.338 e. The van der Waals surface area contributed by atoms with E-state index in [1.807, 2.05) is 30.5 Å². The van der Waals surface area contributed by atoms with Crippen molar-refractivity contribution in [3.05, 3.63) is 59.9 Å². The predicted molar refractivity (Wildman–Crippen MR) is 104 cm³/mol. The monoisotopic (exact) mass is 343 g/mol. The van der Waals surface area contributed by atoms with Gasteiger partial charge in [0.05, 0.1) is 38.9 Å². The van der Waals surface area contributed by atoms with Crippen LogP contribution in [0.5, 0.6) is 0 Å². The summed E-state index contributed by atoms with van der Waals surface area (Å²) >= 11 is 5.72. The van der Waals surface area contributed by atoms with Crippen molar-refractivity contribution < 1.29 is 4.90 Å². The molecule has 1 unspecified atom stereocenters. The van der Waals surface area contributed by atoms with E-state index in [0.29, 0.717) is 0 Å². The zero-order valence-electron chi connectivity index (χ0n) is 14.9. The van der Waals surface area contributed by atoms with Crippen molar-refractivity contribution in [1.29, 1.82) is 0 Å². The Balaban J connectivity index is 2.18. The molecule has 4 nitrogen and oxygen atoms in total. The number of thiocarbonyl (C=S) groups is 1. The number of pyridine rings is 1. The molecule has 24 heavy (non-hydrogen) atoms. The van der Waals surface area contributed by atoms with Crippen molar-refractivity contribution in [2.75, 3.05) is 32.5 Å². The number of likely N-dealkylation sites (N-methyl/N-ethyl adjacent to an activating group) is 1. The zero-order chi connectivity index (χ0) is 17.5. The van der Waals surface area contributed by atoms with Crippen LogP contribution in [0.2, 0.25) is 0 Å². The lowest BCUT2D eigenvalue weighted by molar-refractivity contribution is -0.857. The van der Waals surface area contributed by atoms with Gasteiger partial charge in [0.25, 0.3) is 0 Å². The number of hydrogen-bond donors (Lipinski definition) is 2. The Hall–Kier alpha value is -1.98. The van der Waals surface area contributed by atoms with E-state index in [9.17, 15) is 0 Å². The van der Waals surface area contributed by atoms with E-state index >= 15 is 0 Å². The third kappa shape index (κ3) is 5.01. The van der Waals surface area contributed by atoms with Gasteiger partial charge in [-0.15, -0.1) is 0 Å². The number of aryl methyl sites for hydroxylation is 1. The summed E-state index contributed by atoms with van der Waals surface area (Å²) < 4.78 is 0. The SMILES string of the molecule is Cc1ccccc1NC(=S)N(CC[NH+](C)C)C(C)c1ccccn1. The summed E-state index contributed by atoms with van der Waals surface area (Å²) in [7, 11) is 4.31. The molecule has 1 heterocycles. The Morgan fingerprint density at radius 3 is 2.54 bits per heavy atom. The van der Waals surface area contributed by atoms with E-state index in [0.717, 1.165) is 29.6 Å². The van der Waals surface area contributed by atoms with Crippen LogP contribution in [0.1, 0.15) is 24.2 Å². The van der Waals surface area contributed by atoms with Crippen LogP contribution in [0.3, 0.4) is 0 Å². The summed E-state index contributed by atoms with van der Waals surface area (Å²) in [4.78, 5) is 8.11. The number of rotatable bonds is 6. The molecule has 2 aromatic rings. The average Bonchev–Trinajstić information content (AvgIpc) is 2.57. The Morgan fingerprint density at radius 1 is 1.21 bits per heavy atom. The van der Waals surface area contributed by atoms with Crippen LogP contribution in [0.25, 0.3) is 0 Å². The lowest BCUT2D eigenvalue weighted by Gasteiger charge is -2.32. The van der Waals surface area contributed by atoms with Crippen molar-refractivity contribution in [1.82, 2.24) is 9.88 Å². The number of anilines is 1. The lowest BCUT2D eigenvalue weighted by atomic mass is 10.2. The van der Waals surface area contributed by atoms with E-state index in [1.54, 1.807) is 0 Å². The van der Waals surface area contributed by atoms with Crippen LogP contribution in [-0.4, -0.2) is 42.2 Å². The van der Waals surface area contributed by atoms with Gasteiger partial charge in [0.1, 0.15) is 0 Å².